The van der Waals surface area contributed by atoms with Gasteiger partial charge in [0.1, 0.15) is 0 Å². The first kappa shape index (κ1) is 22.8. The van der Waals surface area contributed by atoms with Crippen LogP contribution < -0.4 is 10.6 Å². The van der Waals surface area contributed by atoms with E-state index in [1.807, 2.05) is 20.8 Å². The van der Waals surface area contributed by atoms with Gasteiger partial charge in [0.25, 0.3) is 0 Å². The van der Waals surface area contributed by atoms with E-state index in [0.717, 1.165) is 58.4 Å². The van der Waals surface area contributed by atoms with E-state index in [4.69, 9.17) is 0 Å². The molecule has 3 rings (SSSR count). The summed E-state index contributed by atoms with van der Waals surface area (Å²) in [6, 6.07) is 10.9. The Hall–Kier alpha value is -1.92. The number of carbonyl (C=O) groups excluding carboxylic acids is 2. The van der Waals surface area contributed by atoms with Crippen LogP contribution in [0, 0.1) is 5.92 Å². The highest BCUT2D eigenvalue weighted by atomic mass is 16.2. The Morgan fingerprint density at radius 2 is 1.60 bits per heavy atom. The molecule has 0 radical (unpaired) electrons. The molecule has 0 aromatic heterocycles. The van der Waals surface area contributed by atoms with Crippen LogP contribution in [0.3, 0.4) is 0 Å². The van der Waals surface area contributed by atoms with E-state index in [-0.39, 0.29) is 35.9 Å². The van der Waals surface area contributed by atoms with Gasteiger partial charge >= 0.3 is 0 Å². The summed E-state index contributed by atoms with van der Waals surface area (Å²) in [5.41, 5.74) is 1.35. The summed E-state index contributed by atoms with van der Waals surface area (Å²) in [6.07, 6.45) is 3.66. The van der Waals surface area contributed by atoms with Gasteiger partial charge < -0.3 is 10.6 Å². The van der Waals surface area contributed by atoms with E-state index in [1.54, 1.807) is 0 Å². The Balaban J connectivity index is 1.37. The fraction of sp³-hybridized carbons (Fsp3) is 0.667. The number of hydrogen-bond donors (Lipinski definition) is 2. The van der Waals surface area contributed by atoms with Gasteiger partial charge in [-0.1, -0.05) is 30.3 Å². The molecular weight excluding hydrogens is 376 g/mol. The fourth-order valence-electron chi connectivity index (χ4n) is 4.52. The van der Waals surface area contributed by atoms with Gasteiger partial charge in [-0.2, -0.15) is 0 Å². The van der Waals surface area contributed by atoms with Crippen LogP contribution in [0.15, 0.2) is 30.3 Å². The molecule has 1 unspecified atom stereocenters. The van der Waals surface area contributed by atoms with Crippen LogP contribution in [-0.2, 0) is 16.1 Å². The number of rotatable bonds is 7. The zero-order valence-corrected chi connectivity index (χ0v) is 18.8. The Morgan fingerprint density at radius 3 is 2.20 bits per heavy atom. The Bertz CT molecular complexity index is 678. The smallest absolute Gasteiger partial charge is 0.237 e. The summed E-state index contributed by atoms with van der Waals surface area (Å²) >= 11 is 0. The number of hydrogen-bond acceptors (Lipinski definition) is 4. The van der Waals surface area contributed by atoms with Crippen molar-refractivity contribution in [3.05, 3.63) is 35.9 Å². The van der Waals surface area contributed by atoms with Crippen molar-refractivity contribution < 1.29 is 9.59 Å². The molecule has 1 atom stereocenters. The standard InChI is InChI=1S/C24H38N4O2/c1-18(2)25-24(30)21-9-15-28(16-10-21)19(3)23(29)26-22-11-13-27(14-12-22)17-20-7-5-4-6-8-20/h4-8,18-19,21-22H,9-17H2,1-3H3,(H,25,30)(H,26,29). The molecular formula is C24H38N4O2. The summed E-state index contributed by atoms with van der Waals surface area (Å²) in [6.45, 7) is 10.6. The van der Waals surface area contributed by atoms with Crippen molar-refractivity contribution in [2.24, 2.45) is 5.92 Å². The topological polar surface area (TPSA) is 64.7 Å². The number of carbonyl (C=O) groups is 2. The molecule has 2 saturated heterocycles. The number of nitrogens with zero attached hydrogens (tertiary/aromatic N) is 2. The lowest BCUT2D eigenvalue weighted by Crippen LogP contribution is -2.53. The van der Waals surface area contributed by atoms with Gasteiger partial charge in [0, 0.05) is 37.6 Å². The minimum Gasteiger partial charge on any atom is -0.354 e. The summed E-state index contributed by atoms with van der Waals surface area (Å²) < 4.78 is 0. The third kappa shape index (κ3) is 6.54. The molecule has 2 fully saturated rings. The second-order valence-corrected chi connectivity index (χ2v) is 9.19. The molecule has 0 aliphatic carbocycles. The maximum absolute atomic E-state index is 12.8. The number of piperidine rings is 2. The molecule has 30 heavy (non-hydrogen) atoms. The van der Waals surface area contributed by atoms with Gasteiger partial charge in [0.05, 0.1) is 6.04 Å². The van der Waals surface area contributed by atoms with Crippen molar-refractivity contribution in [1.29, 1.82) is 0 Å². The van der Waals surface area contributed by atoms with Crippen molar-refractivity contribution >= 4 is 11.8 Å². The molecule has 1 aromatic rings. The average molecular weight is 415 g/mol. The molecule has 2 amide bonds. The van der Waals surface area contributed by atoms with Gasteiger partial charge in [0.2, 0.25) is 11.8 Å². The van der Waals surface area contributed by atoms with Gasteiger partial charge in [-0.3, -0.25) is 19.4 Å². The number of amides is 2. The highest BCUT2D eigenvalue weighted by Gasteiger charge is 2.31. The molecule has 0 spiro atoms. The Labute approximate surface area is 181 Å². The quantitative estimate of drug-likeness (QED) is 0.719. The Morgan fingerprint density at radius 1 is 0.967 bits per heavy atom. The first-order chi connectivity index (χ1) is 14.4. The molecule has 2 heterocycles. The van der Waals surface area contributed by atoms with Crippen LogP contribution in [0.4, 0.5) is 0 Å². The fourth-order valence-corrected chi connectivity index (χ4v) is 4.52. The second kappa shape index (κ2) is 10.9. The number of likely N-dealkylation sites (tertiary alicyclic amines) is 2. The second-order valence-electron chi connectivity index (χ2n) is 9.19. The summed E-state index contributed by atoms with van der Waals surface area (Å²) in [4.78, 5) is 29.7. The average Bonchev–Trinajstić information content (AvgIpc) is 2.75. The lowest BCUT2D eigenvalue weighted by Gasteiger charge is -2.37. The molecule has 2 N–H and O–H groups in total. The van der Waals surface area contributed by atoms with E-state index >= 15 is 0 Å². The molecule has 166 valence electrons. The normalized spacial score (nSPS) is 20.8. The summed E-state index contributed by atoms with van der Waals surface area (Å²) in [5, 5.41) is 6.29. The van der Waals surface area contributed by atoms with Crippen molar-refractivity contribution in [2.75, 3.05) is 26.2 Å². The van der Waals surface area contributed by atoms with Crippen molar-refractivity contribution in [3.63, 3.8) is 0 Å². The summed E-state index contributed by atoms with van der Waals surface area (Å²) in [5.74, 6) is 0.360. The maximum atomic E-state index is 12.8. The molecule has 2 aliphatic heterocycles. The molecule has 0 saturated carbocycles. The highest BCUT2D eigenvalue weighted by Crippen LogP contribution is 2.20. The van der Waals surface area contributed by atoms with E-state index in [9.17, 15) is 9.59 Å². The third-order valence-corrected chi connectivity index (χ3v) is 6.44. The lowest BCUT2D eigenvalue weighted by atomic mass is 9.94. The SMILES string of the molecule is CC(C)NC(=O)C1CCN(C(C)C(=O)NC2CCN(Cc3ccccc3)CC2)CC1. The first-order valence-electron chi connectivity index (χ1n) is 11.5. The van der Waals surface area contributed by atoms with Crippen LogP contribution >= 0.6 is 0 Å². The zero-order valence-electron chi connectivity index (χ0n) is 18.8. The number of nitrogens with one attached hydrogen (secondary N) is 2. The molecule has 1 aromatic carbocycles. The van der Waals surface area contributed by atoms with Crippen LogP contribution in [0.1, 0.15) is 52.0 Å². The number of benzene rings is 1. The molecule has 0 bridgehead atoms. The third-order valence-electron chi connectivity index (χ3n) is 6.44. The largest absolute Gasteiger partial charge is 0.354 e. The minimum absolute atomic E-state index is 0.0767. The highest BCUT2D eigenvalue weighted by molar-refractivity contribution is 5.82. The van der Waals surface area contributed by atoms with Crippen LogP contribution in [-0.4, -0.2) is 65.9 Å². The van der Waals surface area contributed by atoms with Gasteiger partial charge in [-0.15, -0.1) is 0 Å². The molecule has 6 nitrogen and oxygen atoms in total. The van der Waals surface area contributed by atoms with E-state index < -0.39 is 0 Å². The van der Waals surface area contributed by atoms with Gasteiger partial charge in [-0.25, -0.2) is 0 Å². The van der Waals surface area contributed by atoms with E-state index in [0.29, 0.717) is 0 Å². The lowest BCUT2D eigenvalue weighted by molar-refractivity contribution is -0.129. The predicted octanol–water partition coefficient (Wildman–Crippen LogP) is 2.39. The predicted molar refractivity (Wildman–Crippen MR) is 120 cm³/mol. The molecule has 6 heteroatoms. The minimum atomic E-state index is -0.138. The van der Waals surface area contributed by atoms with Crippen molar-refractivity contribution in [3.8, 4) is 0 Å². The van der Waals surface area contributed by atoms with Crippen LogP contribution in [0.25, 0.3) is 0 Å². The van der Waals surface area contributed by atoms with E-state index in [2.05, 4.69) is 50.8 Å². The van der Waals surface area contributed by atoms with Crippen LogP contribution in [0.5, 0.6) is 0 Å². The monoisotopic (exact) mass is 414 g/mol. The van der Waals surface area contributed by atoms with Crippen LogP contribution in [0.2, 0.25) is 0 Å². The Kier molecular flexibility index (Phi) is 8.28. The maximum Gasteiger partial charge on any atom is 0.237 e. The van der Waals surface area contributed by atoms with Gasteiger partial charge in [0.15, 0.2) is 0 Å². The summed E-state index contributed by atoms with van der Waals surface area (Å²) in [7, 11) is 0. The zero-order chi connectivity index (χ0) is 21.5. The first-order valence-corrected chi connectivity index (χ1v) is 11.5. The van der Waals surface area contributed by atoms with Gasteiger partial charge in [-0.05, 0) is 65.1 Å². The van der Waals surface area contributed by atoms with Crippen molar-refractivity contribution in [1.82, 2.24) is 20.4 Å². The van der Waals surface area contributed by atoms with Crippen molar-refractivity contribution in [2.45, 2.75) is 71.1 Å². The molecule has 2 aliphatic rings. The van der Waals surface area contributed by atoms with E-state index in [1.165, 1.54) is 5.56 Å².